The molecule has 6 nitrogen and oxygen atoms in total. The van der Waals surface area contributed by atoms with Crippen molar-refractivity contribution in [3.63, 3.8) is 0 Å². The first kappa shape index (κ1) is 19.4. The molecule has 1 saturated heterocycles. The van der Waals surface area contributed by atoms with Gasteiger partial charge in [-0.1, -0.05) is 48.6 Å². The number of nitrogens with zero attached hydrogens (tertiary/aromatic N) is 1. The Labute approximate surface area is 179 Å². The SMILES string of the molecule is C[C@@H](OC(=O)c1cccc(N2C(=O)[C@@H]3[C@@H](C2=O)[C@H]2C=C[C@H]3C2)c1)C(=O)c1ccccc1. The summed E-state index contributed by atoms with van der Waals surface area (Å²) >= 11 is 0. The van der Waals surface area contributed by atoms with Crippen LogP contribution >= 0.6 is 0 Å². The molecule has 0 aromatic heterocycles. The van der Waals surface area contributed by atoms with Crippen molar-refractivity contribution in [1.82, 2.24) is 0 Å². The van der Waals surface area contributed by atoms with Gasteiger partial charge in [0, 0.05) is 5.56 Å². The predicted molar refractivity (Wildman–Crippen MR) is 112 cm³/mol. The molecule has 5 atom stereocenters. The summed E-state index contributed by atoms with van der Waals surface area (Å²) in [5.74, 6) is -1.76. The number of benzene rings is 2. The number of ketones is 1. The third kappa shape index (κ3) is 3.10. The van der Waals surface area contributed by atoms with Crippen LogP contribution in [-0.4, -0.2) is 29.7 Å². The van der Waals surface area contributed by atoms with Crippen LogP contribution in [0.3, 0.4) is 0 Å². The molecule has 2 bridgehead atoms. The molecule has 2 aromatic carbocycles. The number of allylic oxidation sites excluding steroid dienone is 2. The minimum atomic E-state index is -0.963. The van der Waals surface area contributed by atoms with E-state index in [9.17, 15) is 19.2 Å². The van der Waals surface area contributed by atoms with Crippen LogP contribution in [0.1, 0.15) is 34.1 Å². The maximum atomic E-state index is 13.0. The summed E-state index contributed by atoms with van der Waals surface area (Å²) in [6, 6.07) is 14.9. The number of rotatable bonds is 5. The highest BCUT2D eigenvalue weighted by Crippen LogP contribution is 2.53. The summed E-state index contributed by atoms with van der Waals surface area (Å²) in [5.41, 5.74) is 1.00. The van der Waals surface area contributed by atoms with Crippen LogP contribution in [-0.2, 0) is 14.3 Å². The zero-order chi connectivity index (χ0) is 21.7. The average molecular weight is 415 g/mol. The van der Waals surface area contributed by atoms with E-state index in [1.165, 1.54) is 17.9 Å². The summed E-state index contributed by atoms with van der Waals surface area (Å²) < 4.78 is 5.36. The Morgan fingerprint density at radius 3 is 2.16 bits per heavy atom. The third-order valence-corrected chi connectivity index (χ3v) is 6.52. The summed E-state index contributed by atoms with van der Waals surface area (Å²) in [7, 11) is 0. The second kappa shape index (κ2) is 7.30. The number of esters is 1. The van der Waals surface area contributed by atoms with E-state index >= 15 is 0 Å². The Bertz CT molecular complexity index is 1090. The van der Waals surface area contributed by atoms with Gasteiger partial charge in [0.1, 0.15) is 0 Å². The molecular weight excluding hydrogens is 394 g/mol. The minimum Gasteiger partial charge on any atom is -0.451 e. The van der Waals surface area contributed by atoms with Crippen molar-refractivity contribution in [1.29, 1.82) is 0 Å². The van der Waals surface area contributed by atoms with Crippen LogP contribution in [0.5, 0.6) is 0 Å². The molecule has 156 valence electrons. The molecule has 0 spiro atoms. The lowest BCUT2D eigenvalue weighted by atomic mass is 9.85. The number of ether oxygens (including phenoxy) is 1. The van der Waals surface area contributed by atoms with Gasteiger partial charge >= 0.3 is 5.97 Å². The van der Waals surface area contributed by atoms with Crippen LogP contribution in [0, 0.1) is 23.7 Å². The van der Waals surface area contributed by atoms with Gasteiger partial charge in [-0.05, 0) is 43.4 Å². The highest BCUT2D eigenvalue weighted by Gasteiger charge is 2.59. The fraction of sp³-hybridized carbons (Fsp3) is 0.280. The summed E-state index contributed by atoms with van der Waals surface area (Å²) in [4.78, 5) is 52.3. The van der Waals surface area contributed by atoms with E-state index in [2.05, 4.69) is 0 Å². The van der Waals surface area contributed by atoms with Gasteiger partial charge < -0.3 is 4.74 Å². The molecule has 0 N–H and O–H groups in total. The Morgan fingerprint density at radius 1 is 0.903 bits per heavy atom. The Balaban J connectivity index is 1.34. The molecule has 6 heteroatoms. The molecule has 2 fully saturated rings. The molecule has 2 amide bonds. The van der Waals surface area contributed by atoms with Gasteiger partial charge in [0.15, 0.2) is 6.10 Å². The van der Waals surface area contributed by atoms with E-state index in [-0.39, 0.29) is 46.8 Å². The van der Waals surface area contributed by atoms with Crippen LogP contribution in [0.4, 0.5) is 5.69 Å². The number of Topliss-reactive ketones (excluding diaryl/α,β-unsaturated/α-hetero) is 1. The fourth-order valence-corrected chi connectivity index (χ4v) is 5.05. The minimum absolute atomic E-state index is 0.120. The van der Waals surface area contributed by atoms with Crippen molar-refractivity contribution in [2.75, 3.05) is 4.90 Å². The van der Waals surface area contributed by atoms with E-state index in [0.29, 0.717) is 11.3 Å². The maximum absolute atomic E-state index is 13.0. The maximum Gasteiger partial charge on any atom is 0.338 e. The van der Waals surface area contributed by atoms with Crippen molar-refractivity contribution in [2.24, 2.45) is 23.7 Å². The zero-order valence-electron chi connectivity index (χ0n) is 16.9. The number of hydrogen-bond acceptors (Lipinski definition) is 5. The molecule has 2 aliphatic carbocycles. The van der Waals surface area contributed by atoms with Crippen LogP contribution in [0.25, 0.3) is 0 Å². The largest absolute Gasteiger partial charge is 0.451 e. The van der Waals surface area contributed by atoms with Crippen molar-refractivity contribution in [3.05, 3.63) is 77.9 Å². The molecule has 1 aliphatic heterocycles. The first-order valence-corrected chi connectivity index (χ1v) is 10.4. The lowest BCUT2D eigenvalue weighted by Gasteiger charge is -2.18. The number of amides is 2. The number of carbonyl (C=O) groups is 4. The molecule has 31 heavy (non-hydrogen) atoms. The van der Waals surface area contributed by atoms with Crippen LogP contribution < -0.4 is 4.90 Å². The topological polar surface area (TPSA) is 80.8 Å². The van der Waals surface area contributed by atoms with E-state index in [0.717, 1.165) is 6.42 Å². The number of carbonyl (C=O) groups excluding carboxylic acids is 4. The van der Waals surface area contributed by atoms with Gasteiger partial charge in [-0.3, -0.25) is 14.4 Å². The van der Waals surface area contributed by atoms with Crippen molar-refractivity contribution in [2.45, 2.75) is 19.4 Å². The number of imide groups is 1. The highest BCUT2D eigenvalue weighted by atomic mass is 16.5. The van der Waals surface area contributed by atoms with Gasteiger partial charge in [-0.25, -0.2) is 9.69 Å². The Kier molecular flexibility index (Phi) is 4.58. The van der Waals surface area contributed by atoms with Crippen molar-refractivity contribution >= 4 is 29.3 Å². The van der Waals surface area contributed by atoms with E-state index in [4.69, 9.17) is 4.74 Å². The molecule has 3 aliphatic rings. The van der Waals surface area contributed by atoms with Crippen molar-refractivity contribution in [3.8, 4) is 0 Å². The predicted octanol–water partition coefficient (Wildman–Crippen LogP) is 3.43. The quantitative estimate of drug-likeness (QED) is 0.324. The Hall–Kier alpha value is -3.54. The van der Waals surface area contributed by atoms with Gasteiger partial charge in [0.2, 0.25) is 17.6 Å². The van der Waals surface area contributed by atoms with Crippen molar-refractivity contribution < 1.29 is 23.9 Å². The zero-order valence-corrected chi connectivity index (χ0v) is 16.9. The average Bonchev–Trinajstić information content (AvgIpc) is 3.47. The molecule has 0 radical (unpaired) electrons. The second-order valence-electron chi connectivity index (χ2n) is 8.34. The summed E-state index contributed by atoms with van der Waals surface area (Å²) in [6.07, 6.45) is 3.98. The third-order valence-electron chi connectivity index (χ3n) is 6.52. The first-order chi connectivity index (χ1) is 15.0. The normalized spacial score (nSPS) is 26.8. The standard InChI is InChI=1S/C25H21NO5/c1-14(22(27)15-6-3-2-4-7-15)31-25(30)18-8-5-9-19(13-18)26-23(28)20-16-10-11-17(12-16)21(20)24(26)29/h2-11,13-14,16-17,20-21H,12H2,1H3/t14-,16+,17+,20+,21+/m1/s1. The highest BCUT2D eigenvalue weighted by molar-refractivity contribution is 6.23. The molecule has 5 rings (SSSR count). The van der Waals surface area contributed by atoms with Crippen LogP contribution in [0.2, 0.25) is 0 Å². The van der Waals surface area contributed by atoms with Gasteiger partial charge in [-0.2, -0.15) is 0 Å². The van der Waals surface area contributed by atoms with Gasteiger partial charge in [0.05, 0.1) is 23.1 Å². The number of hydrogen-bond donors (Lipinski definition) is 0. The Morgan fingerprint density at radius 2 is 1.52 bits per heavy atom. The smallest absolute Gasteiger partial charge is 0.338 e. The van der Waals surface area contributed by atoms with E-state index in [1.807, 2.05) is 12.2 Å². The van der Waals surface area contributed by atoms with Gasteiger partial charge in [-0.15, -0.1) is 0 Å². The van der Waals surface area contributed by atoms with E-state index in [1.54, 1.807) is 48.5 Å². The lowest BCUT2D eigenvalue weighted by molar-refractivity contribution is -0.123. The molecule has 0 unspecified atom stereocenters. The van der Waals surface area contributed by atoms with E-state index < -0.39 is 12.1 Å². The first-order valence-electron chi connectivity index (χ1n) is 10.4. The molecule has 1 heterocycles. The molecule has 2 aromatic rings. The van der Waals surface area contributed by atoms with Crippen LogP contribution in [0.15, 0.2) is 66.7 Å². The lowest BCUT2D eigenvalue weighted by Crippen LogP contribution is -2.33. The number of fused-ring (bicyclic) bond motifs is 5. The monoisotopic (exact) mass is 415 g/mol. The molecule has 1 saturated carbocycles. The summed E-state index contributed by atoms with van der Waals surface area (Å²) in [5, 5.41) is 0. The molecular formula is C25H21NO5. The summed E-state index contributed by atoms with van der Waals surface area (Å²) in [6.45, 7) is 1.52. The second-order valence-corrected chi connectivity index (χ2v) is 8.34. The van der Waals surface area contributed by atoms with Gasteiger partial charge in [0.25, 0.3) is 0 Å². The fourth-order valence-electron chi connectivity index (χ4n) is 5.05. The number of anilines is 1.